The predicted molar refractivity (Wildman–Crippen MR) is 73.2 cm³/mol. The molecule has 1 amide bonds. The smallest absolute Gasteiger partial charge is 0.221 e. The van der Waals surface area contributed by atoms with Gasteiger partial charge in [0.25, 0.3) is 0 Å². The first-order valence-electron chi connectivity index (χ1n) is 6.25. The lowest BCUT2D eigenvalue weighted by molar-refractivity contribution is -0.114. The van der Waals surface area contributed by atoms with Crippen LogP contribution in [0.25, 0.3) is 0 Å². The second-order valence-corrected chi connectivity index (χ2v) is 4.59. The number of aliphatic hydroxyl groups is 1. The van der Waals surface area contributed by atoms with E-state index in [0.717, 1.165) is 0 Å². The number of carbonyl (C=O) groups is 1. The SMILES string of the molecule is CC(=O)Nc1ccc(OCC(O)CNC(C)C)nc1. The van der Waals surface area contributed by atoms with Crippen molar-refractivity contribution in [1.82, 2.24) is 10.3 Å². The van der Waals surface area contributed by atoms with Crippen molar-refractivity contribution < 1.29 is 14.6 Å². The van der Waals surface area contributed by atoms with Gasteiger partial charge in [0.2, 0.25) is 11.8 Å². The Bertz CT molecular complexity index is 393. The fourth-order valence-corrected chi connectivity index (χ4v) is 1.36. The van der Waals surface area contributed by atoms with Crippen molar-refractivity contribution in [3.8, 4) is 5.88 Å². The van der Waals surface area contributed by atoms with Crippen LogP contribution in [0.3, 0.4) is 0 Å². The quantitative estimate of drug-likeness (QED) is 0.680. The molecule has 1 atom stereocenters. The molecule has 106 valence electrons. The Morgan fingerprint density at radius 1 is 1.47 bits per heavy atom. The van der Waals surface area contributed by atoms with Gasteiger partial charge in [0.15, 0.2) is 0 Å². The van der Waals surface area contributed by atoms with E-state index in [2.05, 4.69) is 15.6 Å². The van der Waals surface area contributed by atoms with Crippen LogP contribution in [0.5, 0.6) is 5.88 Å². The van der Waals surface area contributed by atoms with Crippen molar-refractivity contribution in [1.29, 1.82) is 0 Å². The van der Waals surface area contributed by atoms with E-state index in [4.69, 9.17) is 4.74 Å². The van der Waals surface area contributed by atoms with E-state index in [1.165, 1.54) is 13.1 Å². The van der Waals surface area contributed by atoms with Crippen LogP contribution >= 0.6 is 0 Å². The van der Waals surface area contributed by atoms with Gasteiger partial charge in [-0.2, -0.15) is 0 Å². The lowest BCUT2D eigenvalue weighted by atomic mass is 10.3. The molecular formula is C13H21N3O3. The zero-order chi connectivity index (χ0) is 14.3. The molecular weight excluding hydrogens is 246 g/mol. The predicted octanol–water partition coefficient (Wildman–Crippen LogP) is 0.778. The monoisotopic (exact) mass is 267 g/mol. The molecule has 6 nitrogen and oxygen atoms in total. The third-order valence-electron chi connectivity index (χ3n) is 2.24. The lowest BCUT2D eigenvalue weighted by Gasteiger charge is -2.14. The molecule has 0 fully saturated rings. The van der Waals surface area contributed by atoms with Crippen molar-refractivity contribution in [2.24, 2.45) is 0 Å². The molecule has 0 aliphatic heterocycles. The maximum absolute atomic E-state index is 10.8. The van der Waals surface area contributed by atoms with Gasteiger partial charge >= 0.3 is 0 Å². The highest BCUT2D eigenvalue weighted by Crippen LogP contribution is 2.11. The number of ether oxygens (including phenoxy) is 1. The van der Waals surface area contributed by atoms with Crippen LogP contribution in [0, 0.1) is 0 Å². The average molecular weight is 267 g/mol. The highest BCUT2D eigenvalue weighted by Gasteiger charge is 2.06. The molecule has 0 aliphatic carbocycles. The van der Waals surface area contributed by atoms with Crippen molar-refractivity contribution in [3.05, 3.63) is 18.3 Å². The summed E-state index contributed by atoms with van der Waals surface area (Å²) >= 11 is 0. The van der Waals surface area contributed by atoms with E-state index >= 15 is 0 Å². The standard InChI is InChI=1S/C13H21N3O3/c1-9(2)14-7-12(18)8-19-13-5-4-11(6-15-13)16-10(3)17/h4-6,9,12,14,18H,7-8H2,1-3H3,(H,16,17). The lowest BCUT2D eigenvalue weighted by Crippen LogP contribution is -2.35. The summed E-state index contributed by atoms with van der Waals surface area (Å²) in [5, 5.41) is 15.4. The van der Waals surface area contributed by atoms with Gasteiger partial charge in [0.1, 0.15) is 12.7 Å². The first kappa shape index (κ1) is 15.4. The Kier molecular flexibility index (Phi) is 6.24. The van der Waals surface area contributed by atoms with Gasteiger partial charge < -0.3 is 20.5 Å². The average Bonchev–Trinajstić information content (AvgIpc) is 2.35. The van der Waals surface area contributed by atoms with Crippen LogP contribution in [-0.2, 0) is 4.79 Å². The normalized spacial score (nSPS) is 12.3. The van der Waals surface area contributed by atoms with E-state index < -0.39 is 6.10 Å². The van der Waals surface area contributed by atoms with Gasteiger partial charge in [-0.15, -0.1) is 0 Å². The summed E-state index contributed by atoms with van der Waals surface area (Å²) in [6.07, 6.45) is 0.925. The topological polar surface area (TPSA) is 83.5 Å². The van der Waals surface area contributed by atoms with Crippen LogP contribution in [0.4, 0.5) is 5.69 Å². The Hall–Kier alpha value is -1.66. The van der Waals surface area contributed by atoms with Gasteiger partial charge in [-0.3, -0.25) is 4.79 Å². The number of aromatic nitrogens is 1. The maximum atomic E-state index is 10.8. The van der Waals surface area contributed by atoms with Crippen LogP contribution < -0.4 is 15.4 Å². The molecule has 1 unspecified atom stereocenters. The van der Waals surface area contributed by atoms with E-state index in [1.807, 2.05) is 13.8 Å². The summed E-state index contributed by atoms with van der Waals surface area (Å²) in [4.78, 5) is 14.9. The molecule has 19 heavy (non-hydrogen) atoms. The molecule has 1 aromatic heterocycles. The summed E-state index contributed by atoms with van der Waals surface area (Å²) < 4.78 is 5.35. The van der Waals surface area contributed by atoms with E-state index in [1.54, 1.807) is 12.1 Å². The fraction of sp³-hybridized carbons (Fsp3) is 0.538. The molecule has 3 N–H and O–H groups in total. The maximum Gasteiger partial charge on any atom is 0.221 e. The number of nitrogens with one attached hydrogen (secondary N) is 2. The molecule has 0 saturated carbocycles. The number of hydrogen-bond donors (Lipinski definition) is 3. The Labute approximate surface area is 113 Å². The highest BCUT2D eigenvalue weighted by molar-refractivity contribution is 5.88. The highest BCUT2D eigenvalue weighted by atomic mass is 16.5. The summed E-state index contributed by atoms with van der Waals surface area (Å²) in [5.74, 6) is 0.267. The van der Waals surface area contributed by atoms with Gasteiger partial charge in [-0.05, 0) is 6.07 Å². The fourth-order valence-electron chi connectivity index (χ4n) is 1.36. The number of anilines is 1. The van der Waals surface area contributed by atoms with Crippen LogP contribution in [-0.4, -0.2) is 41.3 Å². The molecule has 0 saturated heterocycles. The van der Waals surface area contributed by atoms with Crippen molar-refractivity contribution in [2.75, 3.05) is 18.5 Å². The minimum absolute atomic E-state index is 0.148. The third-order valence-corrected chi connectivity index (χ3v) is 2.24. The van der Waals surface area contributed by atoms with Crippen LogP contribution in [0.1, 0.15) is 20.8 Å². The summed E-state index contributed by atoms with van der Waals surface area (Å²) in [6.45, 7) is 6.10. The first-order valence-corrected chi connectivity index (χ1v) is 6.25. The van der Waals surface area contributed by atoms with Crippen molar-refractivity contribution >= 4 is 11.6 Å². The summed E-state index contributed by atoms with van der Waals surface area (Å²) in [6, 6.07) is 3.67. The van der Waals surface area contributed by atoms with Gasteiger partial charge in [0.05, 0.1) is 11.9 Å². The largest absolute Gasteiger partial charge is 0.475 e. The third kappa shape index (κ3) is 6.73. The molecule has 0 radical (unpaired) electrons. The summed E-state index contributed by atoms with van der Waals surface area (Å²) in [7, 11) is 0. The van der Waals surface area contributed by atoms with Crippen molar-refractivity contribution in [3.63, 3.8) is 0 Å². The first-order chi connectivity index (χ1) is 8.97. The number of pyridine rings is 1. The minimum Gasteiger partial charge on any atom is -0.475 e. The molecule has 0 spiro atoms. The van der Waals surface area contributed by atoms with Crippen molar-refractivity contribution in [2.45, 2.75) is 32.9 Å². The van der Waals surface area contributed by atoms with E-state index in [0.29, 0.717) is 24.2 Å². The number of amides is 1. The van der Waals surface area contributed by atoms with E-state index in [9.17, 15) is 9.90 Å². The van der Waals surface area contributed by atoms with Gasteiger partial charge in [-0.1, -0.05) is 13.8 Å². The molecule has 0 aliphatic rings. The molecule has 1 aromatic rings. The molecule has 0 bridgehead atoms. The number of nitrogens with zero attached hydrogens (tertiary/aromatic N) is 1. The number of rotatable bonds is 7. The summed E-state index contributed by atoms with van der Waals surface area (Å²) in [5.41, 5.74) is 0.613. The molecule has 1 heterocycles. The van der Waals surface area contributed by atoms with Gasteiger partial charge in [-0.25, -0.2) is 4.98 Å². The number of carbonyl (C=O) groups excluding carboxylic acids is 1. The molecule has 6 heteroatoms. The van der Waals surface area contributed by atoms with E-state index in [-0.39, 0.29) is 12.5 Å². The Morgan fingerprint density at radius 2 is 2.21 bits per heavy atom. The van der Waals surface area contributed by atoms with Crippen LogP contribution in [0.2, 0.25) is 0 Å². The zero-order valence-electron chi connectivity index (χ0n) is 11.5. The minimum atomic E-state index is -0.584. The Balaban J connectivity index is 2.35. The van der Waals surface area contributed by atoms with Crippen LogP contribution in [0.15, 0.2) is 18.3 Å². The second kappa shape index (κ2) is 7.70. The number of aliphatic hydroxyl groups excluding tert-OH is 1. The number of hydrogen-bond acceptors (Lipinski definition) is 5. The second-order valence-electron chi connectivity index (χ2n) is 4.59. The zero-order valence-corrected chi connectivity index (χ0v) is 11.5. The van der Waals surface area contributed by atoms with Gasteiger partial charge in [0, 0.05) is 25.6 Å². The molecule has 0 aromatic carbocycles. The molecule has 1 rings (SSSR count). The Morgan fingerprint density at radius 3 is 2.74 bits per heavy atom.